The van der Waals surface area contributed by atoms with E-state index >= 15 is 0 Å². The number of fused-ring (bicyclic) bond motifs is 1. The Balaban J connectivity index is 2.37. The number of allylic oxidation sites excluding steroid dienone is 2. The van der Waals surface area contributed by atoms with Crippen LogP contribution in [-0.2, 0) is 6.42 Å². The number of carbonyl (C=O) groups excluding carboxylic acids is 1. The first kappa shape index (κ1) is 12.4. The van der Waals surface area contributed by atoms with E-state index < -0.39 is 0 Å². The van der Waals surface area contributed by atoms with Crippen LogP contribution in [0.1, 0.15) is 59.1 Å². The molecule has 92 valence electrons. The second-order valence-electron chi connectivity index (χ2n) is 4.54. The molecule has 0 spiro atoms. The van der Waals surface area contributed by atoms with Crippen molar-refractivity contribution in [2.75, 3.05) is 0 Å². The van der Waals surface area contributed by atoms with Crippen molar-refractivity contribution in [2.45, 2.75) is 45.4 Å². The lowest BCUT2D eigenvalue weighted by molar-refractivity contribution is 0.100. The summed E-state index contributed by atoms with van der Waals surface area (Å²) in [5.41, 5.74) is 8.07. The van der Waals surface area contributed by atoms with Crippen molar-refractivity contribution >= 4 is 22.8 Å². The highest BCUT2D eigenvalue weighted by Gasteiger charge is 2.17. The second kappa shape index (κ2) is 5.50. The summed E-state index contributed by atoms with van der Waals surface area (Å²) in [6, 6.07) is 2.00. The standard InChI is InChI=1S/C14H19NOS/c1-2-3-6-10-7-4-5-8-12-11(10)9-13(17-12)14(15)16/h6,9H,2-5,7-8H2,1H3,(H2,15,16)/b10-6+. The van der Waals surface area contributed by atoms with Crippen LogP contribution in [0.4, 0.5) is 0 Å². The zero-order valence-corrected chi connectivity index (χ0v) is 11.1. The smallest absolute Gasteiger partial charge is 0.258 e. The lowest BCUT2D eigenvalue weighted by Gasteiger charge is -2.03. The Labute approximate surface area is 107 Å². The van der Waals surface area contributed by atoms with E-state index in [1.807, 2.05) is 6.07 Å². The predicted octanol–water partition coefficient (Wildman–Crippen LogP) is 3.76. The van der Waals surface area contributed by atoms with E-state index in [2.05, 4.69) is 13.0 Å². The number of aryl methyl sites for hydroxylation is 1. The highest BCUT2D eigenvalue weighted by molar-refractivity contribution is 7.14. The molecule has 1 aliphatic carbocycles. The van der Waals surface area contributed by atoms with Gasteiger partial charge in [-0.3, -0.25) is 4.79 Å². The molecule has 17 heavy (non-hydrogen) atoms. The molecular weight excluding hydrogens is 230 g/mol. The number of thiophene rings is 1. The van der Waals surface area contributed by atoms with Gasteiger partial charge in [-0.1, -0.05) is 19.4 Å². The maximum absolute atomic E-state index is 11.2. The molecule has 2 rings (SSSR count). The molecule has 1 aliphatic rings. The van der Waals surface area contributed by atoms with Gasteiger partial charge in [0, 0.05) is 4.88 Å². The fourth-order valence-corrected chi connectivity index (χ4v) is 3.36. The molecule has 0 atom stereocenters. The van der Waals surface area contributed by atoms with Gasteiger partial charge >= 0.3 is 0 Å². The lowest BCUT2D eigenvalue weighted by atomic mass is 10.0. The van der Waals surface area contributed by atoms with E-state index in [0.29, 0.717) is 4.88 Å². The summed E-state index contributed by atoms with van der Waals surface area (Å²) in [5.74, 6) is -0.294. The quantitative estimate of drug-likeness (QED) is 0.814. The number of rotatable bonds is 3. The van der Waals surface area contributed by atoms with Crippen LogP contribution in [0.3, 0.4) is 0 Å². The van der Waals surface area contributed by atoms with E-state index in [0.717, 1.165) is 19.3 Å². The molecule has 1 heterocycles. The summed E-state index contributed by atoms with van der Waals surface area (Å²) < 4.78 is 0. The van der Waals surface area contributed by atoms with Gasteiger partial charge in [-0.25, -0.2) is 0 Å². The predicted molar refractivity (Wildman–Crippen MR) is 73.3 cm³/mol. The first-order valence-electron chi connectivity index (χ1n) is 6.34. The van der Waals surface area contributed by atoms with E-state index in [1.165, 1.54) is 35.3 Å². The Morgan fingerprint density at radius 3 is 2.94 bits per heavy atom. The highest BCUT2D eigenvalue weighted by Crippen LogP contribution is 2.35. The SMILES string of the molecule is CCC/C=C1\CCCCc2sc(C(N)=O)cc21. The van der Waals surface area contributed by atoms with Crippen LogP contribution in [-0.4, -0.2) is 5.91 Å². The van der Waals surface area contributed by atoms with E-state index in [9.17, 15) is 4.79 Å². The largest absolute Gasteiger partial charge is 0.365 e. The maximum atomic E-state index is 11.2. The summed E-state index contributed by atoms with van der Waals surface area (Å²) in [4.78, 5) is 13.3. The van der Waals surface area contributed by atoms with Gasteiger partial charge in [0.1, 0.15) is 0 Å². The molecule has 0 fully saturated rings. The summed E-state index contributed by atoms with van der Waals surface area (Å²) in [6.45, 7) is 2.19. The molecule has 1 aromatic rings. The van der Waals surface area contributed by atoms with Crippen molar-refractivity contribution in [1.82, 2.24) is 0 Å². The molecule has 0 aliphatic heterocycles. The molecule has 3 heteroatoms. The molecular formula is C14H19NOS. The average molecular weight is 249 g/mol. The van der Waals surface area contributed by atoms with Gasteiger partial charge in [-0.15, -0.1) is 11.3 Å². The van der Waals surface area contributed by atoms with Gasteiger partial charge in [0.15, 0.2) is 0 Å². The third-order valence-corrected chi connectivity index (χ3v) is 4.39. The highest BCUT2D eigenvalue weighted by atomic mass is 32.1. The van der Waals surface area contributed by atoms with Crippen LogP contribution in [0, 0.1) is 0 Å². The number of hydrogen-bond donors (Lipinski definition) is 1. The number of carbonyl (C=O) groups is 1. The Hall–Kier alpha value is -1.09. The fourth-order valence-electron chi connectivity index (χ4n) is 2.27. The van der Waals surface area contributed by atoms with E-state index in [-0.39, 0.29) is 5.91 Å². The molecule has 0 saturated carbocycles. The molecule has 0 bridgehead atoms. The van der Waals surface area contributed by atoms with Crippen LogP contribution in [0.5, 0.6) is 0 Å². The maximum Gasteiger partial charge on any atom is 0.258 e. The normalized spacial score (nSPS) is 17.8. The van der Waals surface area contributed by atoms with Crippen LogP contribution in [0.15, 0.2) is 12.1 Å². The van der Waals surface area contributed by atoms with Gasteiger partial charge in [0.05, 0.1) is 4.88 Å². The van der Waals surface area contributed by atoms with Crippen LogP contribution in [0.25, 0.3) is 5.57 Å². The lowest BCUT2D eigenvalue weighted by Crippen LogP contribution is -2.08. The third kappa shape index (κ3) is 2.78. The fraction of sp³-hybridized carbons (Fsp3) is 0.500. The van der Waals surface area contributed by atoms with Crippen molar-refractivity contribution in [2.24, 2.45) is 5.73 Å². The van der Waals surface area contributed by atoms with Gasteiger partial charge in [0.25, 0.3) is 5.91 Å². The molecule has 1 amide bonds. The van der Waals surface area contributed by atoms with E-state index in [1.54, 1.807) is 11.3 Å². The number of unbranched alkanes of at least 4 members (excludes halogenated alkanes) is 1. The second-order valence-corrected chi connectivity index (χ2v) is 5.67. The summed E-state index contributed by atoms with van der Waals surface area (Å²) in [5, 5.41) is 0. The minimum atomic E-state index is -0.294. The summed E-state index contributed by atoms with van der Waals surface area (Å²) in [7, 11) is 0. The molecule has 0 aromatic carbocycles. The first-order valence-corrected chi connectivity index (χ1v) is 7.16. The van der Waals surface area contributed by atoms with Crippen molar-refractivity contribution < 1.29 is 4.79 Å². The average Bonchev–Trinajstić information content (AvgIpc) is 2.64. The minimum Gasteiger partial charge on any atom is -0.365 e. The minimum absolute atomic E-state index is 0.294. The van der Waals surface area contributed by atoms with Gasteiger partial charge in [-0.05, 0) is 49.3 Å². The van der Waals surface area contributed by atoms with Crippen molar-refractivity contribution in [1.29, 1.82) is 0 Å². The van der Waals surface area contributed by atoms with Crippen LogP contribution in [0.2, 0.25) is 0 Å². The Kier molecular flexibility index (Phi) is 4.00. The molecule has 2 N–H and O–H groups in total. The van der Waals surface area contributed by atoms with Gasteiger partial charge < -0.3 is 5.73 Å². The summed E-state index contributed by atoms with van der Waals surface area (Å²) >= 11 is 1.58. The Morgan fingerprint density at radius 1 is 1.47 bits per heavy atom. The Bertz CT molecular complexity index is 445. The number of primary amides is 1. The zero-order chi connectivity index (χ0) is 12.3. The van der Waals surface area contributed by atoms with Gasteiger partial charge in [-0.2, -0.15) is 0 Å². The number of amides is 1. The monoisotopic (exact) mass is 249 g/mol. The number of nitrogens with two attached hydrogens (primary N) is 1. The summed E-state index contributed by atoms with van der Waals surface area (Å²) in [6.07, 6.45) is 9.33. The Morgan fingerprint density at radius 2 is 2.24 bits per heavy atom. The molecule has 0 unspecified atom stereocenters. The van der Waals surface area contributed by atoms with Gasteiger partial charge in [0.2, 0.25) is 0 Å². The number of hydrogen-bond acceptors (Lipinski definition) is 2. The third-order valence-electron chi connectivity index (χ3n) is 3.18. The molecule has 0 saturated heterocycles. The zero-order valence-electron chi connectivity index (χ0n) is 10.3. The van der Waals surface area contributed by atoms with Crippen molar-refractivity contribution in [3.05, 3.63) is 27.5 Å². The van der Waals surface area contributed by atoms with Crippen molar-refractivity contribution in [3.63, 3.8) is 0 Å². The first-order chi connectivity index (χ1) is 8.22. The molecule has 0 radical (unpaired) electrons. The van der Waals surface area contributed by atoms with Crippen molar-refractivity contribution in [3.8, 4) is 0 Å². The van der Waals surface area contributed by atoms with Crippen LogP contribution >= 0.6 is 11.3 Å². The topological polar surface area (TPSA) is 43.1 Å². The molecule has 2 nitrogen and oxygen atoms in total. The van der Waals surface area contributed by atoms with Crippen LogP contribution < -0.4 is 5.73 Å². The van der Waals surface area contributed by atoms with E-state index in [4.69, 9.17) is 5.73 Å². The molecule has 1 aromatic heterocycles.